The molecule has 0 aromatic heterocycles. The number of ether oxygens (including phenoxy) is 2. The summed E-state index contributed by atoms with van der Waals surface area (Å²) in [5.74, 6) is 0. The quantitative estimate of drug-likeness (QED) is 0.715. The van der Waals surface area contributed by atoms with Crippen LogP contribution < -0.4 is 0 Å². The van der Waals surface area contributed by atoms with Crippen molar-refractivity contribution in [2.45, 2.75) is 55.2 Å². The first-order valence-electron chi connectivity index (χ1n) is 5.13. The van der Waals surface area contributed by atoms with E-state index in [-0.39, 0.29) is 6.10 Å². The maximum atomic E-state index is 5.97. The fourth-order valence-electron chi connectivity index (χ4n) is 2.23. The van der Waals surface area contributed by atoms with Crippen LogP contribution >= 0.6 is 15.9 Å². The summed E-state index contributed by atoms with van der Waals surface area (Å²) in [6.45, 7) is 0. The average molecular weight is 249 g/mol. The van der Waals surface area contributed by atoms with E-state index in [9.17, 15) is 0 Å². The maximum absolute atomic E-state index is 5.97. The van der Waals surface area contributed by atoms with Gasteiger partial charge in [0.25, 0.3) is 0 Å². The first-order chi connectivity index (χ1) is 6.31. The Morgan fingerprint density at radius 3 is 2.46 bits per heavy atom. The van der Waals surface area contributed by atoms with Gasteiger partial charge in [0.15, 0.2) is 0 Å². The number of methoxy groups -OCH3 is 1. The number of alkyl halides is 1. The van der Waals surface area contributed by atoms with Crippen molar-refractivity contribution in [3.8, 4) is 0 Å². The molecule has 0 heterocycles. The second kappa shape index (κ2) is 4.28. The van der Waals surface area contributed by atoms with Crippen molar-refractivity contribution >= 4 is 15.9 Å². The van der Waals surface area contributed by atoms with Crippen LogP contribution in [0.5, 0.6) is 0 Å². The van der Waals surface area contributed by atoms with Crippen molar-refractivity contribution in [3.05, 3.63) is 0 Å². The molecule has 0 radical (unpaired) electrons. The Morgan fingerprint density at radius 2 is 1.92 bits per heavy atom. The SMILES string of the molecule is COC1C(Br)CC1OC1CCCC1. The van der Waals surface area contributed by atoms with Gasteiger partial charge >= 0.3 is 0 Å². The van der Waals surface area contributed by atoms with Gasteiger partial charge in [0.05, 0.1) is 18.3 Å². The molecule has 0 aromatic rings. The van der Waals surface area contributed by atoms with Crippen molar-refractivity contribution in [2.24, 2.45) is 0 Å². The number of hydrogen-bond acceptors (Lipinski definition) is 2. The zero-order chi connectivity index (χ0) is 9.26. The highest BCUT2D eigenvalue weighted by Crippen LogP contribution is 2.35. The summed E-state index contributed by atoms with van der Waals surface area (Å²) in [5, 5.41) is 0. The monoisotopic (exact) mass is 248 g/mol. The maximum Gasteiger partial charge on any atom is 0.0958 e. The van der Waals surface area contributed by atoms with Crippen molar-refractivity contribution < 1.29 is 9.47 Å². The van der Waals surface area contributed by atoms with Crippen LogP contribution in [0.1, 0.15) is 32.1 Å². The third kappa shape index (κ3) is 2.08. The predicted octanol–water partition coefficient (Wildman–Crippen LogP) is 2.50. The zero-order valence-electron chi connectivity index (χ0n) is 8.04. The summed E-state index contributed by atoms with van der Waals surface area (Å²) >= 11 is 3.57. The van der Waals surface area contributed by atoms with Gasteiger partial charge in [-0.05, 0) is 19.3 Å². The minimum absolute atomic E-state index is 0.278. The van der Waals surface area contributed by atoms with Crippen LogP contribution in [0.3, 0.4) is 0 Å². The van der Waals surface area contributed by atoms with E-state index in [1.54, 1.807) is 7.11 Å². The number of halogens is 1. The molecule has 3 heteroatoms. The molecule has 2 nitrogen and oxygen atoms in total. The molecule has 13 heavy (non-hydrogen) atoms. The minimum Gasteiger partial charge on any atom is -0.378 e. The van der Waals surface area contributed by atoms with E-state index in [2.05, 4.69) is 15.9 Å². The Balaban J connectivity index is 1.75. The van der Waals surface area contributed by atoms with Crippen LogP contribution in [0.2, 0.25) is 0 Å². The minimum atomic E-state index is 0.278. The second-order valence-electron chi connectivity index (χ2n) is 4.03. The number of rotatable bonds is 3. The lowest BCUT2D eigenvalue weighted by atomic mass is 9.91. The Labute approximate surface area is 88.1 Å². The van der Waals surface area contributed by atoms with Crippen LogP contribution in [-0.4, -0.2) is 30.2 Å². The van der Waals surface area contributed by atoms with Gasteiger partial charge in [0, 0.05) is 11.9 Å². The van der Waals surface area contributed by atoms with E-state index in [4.69, 9.17) is 9.47 Å². The zero-order valence-corrected chi connectivity index (χ0v) is 9.63. The molecule has 2 fully saturated rings. The second-order valence-corrected chi connectivity index (χ2v) is 5.21. The molecule has 3 atom stereocenters. The van der Waals surface area contributed by atoms with Crippen LogP contribution in [-0.2, 0) is 9.47 Å². The smallest absolute Gasteiger partial charge is 0.0958 e. The molecule has 0 N–H and O–H groups in total. The van der Waals surface area contributed by atoms with Crippen LogP contribution in [0.15, 0.2) is 0 Å². The van der Waals surface area contributed by atoms with Gasteiger partial charge in [-0.2, -0.15) is 0 Å². The molecule has 2 aliphatic rings. The van der Waals surface area contributed by atoms with Gasteiger partial charge in [-0.15, -0.1) is 0 Å². The molecule has 3 unspecified atom stereocenters. The van der Waals surface area contributed by atoms with E-state index in [1.807, 2.05) is 0 Å². The fourth-order valence-corrected chi connectivity index (χ4v) is 3.16. The Bertz CT molecular complexity index is 168. The fraction of sp³-hybridized carbons (Fsp3) is 1.00. The molecule has 0 amide bonds. The molecule has 76 valence electrons. The van der Waals surface area contributed by atoms with Crippen molar-refractivity contribution in [2.75, 3.05) is 7.11 Å². The molecular weight excluding hydrogens is 232 g/mol. The van der Waals surface area contributed by atoms with Crippen molar-refractivity contribution in [1.29, 1.82) is 0 Å². The van der Waals surface area contributed by atoms with Gasteiger partial charge in [-0.1, -0.05) is 28.8 Å². The molecule has 2 saturated carbocycles. The Morgan fingerprint density at radius 1 is 1.23 bits per heavy atom. The number of hydrogen-bond donors (Lipinski definition) is 0. The first kappa shape index (κ1) is 9.94. The van der Waals surface area contributed by atoms with E-state index < -0.39 is 0 Å². The summed E-state index contributed by atoms with van der Waals surface area (Å²) in [6, 6.07) is 0. The lowest BCUT2D eigenvalue weighted by Gasteiger charge is -2.41. The highest BCUT2D eigenvalue weighted by molar-refractivity contribution is 9.09. The Hall–Kier alpha value is 0.400. The molecule has 0 aliphatic heterocycles. The molecule has 0 aromatic carbocycles. The predicted molar refractivity (Wildman–Crippen MR) is 55.3 cm³/mol. The molecule has 0 saturated heterocycles. The van der Waals surface area contributed by atoms with E-state index in [0.29, 0.717) is 17.0 Å². The standard InChI is InChI=1S/C10H17BrO2/c1-12-10-8(11)6-9(10)13-7-4-2-3-5-7/h7-10H,2-6H2,1H3. The van der Waals surface area contributed by atoms with E-state index >= 15 is 0 Å². The Kier molecular flexibility index (Phi) is 3.27. The normalized spacial score (nSPS) is 40.6. The van der Waals surface area contributed by atoms with Crippen LogP contribution in [0.4, 0.5) is 0 Å². The summed E-state index contributed by atoms with van der Waals surface area (Å²) in [6.07, 6.45) is 7.43. The van der Waals surface area contributed by atoms with Gasteiger partial charge in [0.1, 0.15) is 0 Å². The average Bonchev–Trinajstić information content (AvgIpc) is 2.56. The lowest BCUT2D eigenvalue weighted by Crippen LogP contribution is -2.51. The molecular formula is C10H17BrO2. The van der Waals surface area contributed by atoms with Crippen molar-refractivity contribution in [3.63, 3.8) is 0 Å². The molecule has 2 aliphatic carbocycles. The molecule has 0 spiro atoms. The van der Waals surface area contributed by atoms with Gasteiger partial charge < -0.3 is 9.47 Å². The van der Waals surface area contributed by atoms with Gasteiger partial charge in [0.2, 0.25) is 0 Å². The summed E-state index contributed by atoms with van der Waals surface area (Å²) < 4.78 is 11.3. The third-order valence-electron chi connectivity index (χ3n) is 3.12. The van der Waals surface area contributed by atoms with Crippen molar-refractivity contribution in [1.82, 2.24) is 0 Å². The topological polar surface area (TPSA) is 18.5 Å². The highest BCUT2D eigenvalue weighted by Gasteiger charge is 2.42. The first-order valence-corrected chi connectivity index (χ1v) is 6.05. The van der Waals surface area contributed by atoms with Gasteiger partial charge in [-0.3, -0.25) is 0 Å². The summed E-state index contributed by atoms with van der Waals surface area (Å²) in [5.41, 5.74) is 0. The summed E-state index contributed by atoms with van der Waals surface area (Å²) in [7, 11) is 1.77. The summed E-state index contributed by atoms with van der Waals surface area (Å²) in [4.78, 5) is 0.504. The lowest BCUT2D eigenvalue weighted by molar-refractivity contribution is -0.132. The molecule has 0 bridgehead atoms. The largest absolute Gasteiger partial charge is 0.378 e. The van der Waals surface area contributed by atoms with E-state index in [0.717, 1.165) is 6.42 Å². The third-order valence-corrected chi connectivity index (χ3v) is 4.02. The highest BCUT2D eigenvalue weighted by atomic mass is 79.9. The van der Waals surface area contributed by atoms with Gasteiger partial charge in [-0.25, -0.2) is 0 Å². The van der Waals surface area contributed by atoms with Crippen LogP contribution in [0.25, 0.3) is 0 Å². The molecule has 2 rings (SSSR count). The van der Waals surface area contributed by atoms with E-state index in [1.165, 1.54) is 25.7 Å². The van der Waals surface area contributed by atoms with Crippen LogP contribution in [0, 0.1) is 0 Å².